The topological polar surface area (TPSA) is 82.2 Å². The summed E-state index contributed by atoms with van der Waals surface area (Å²) in [6.45, 7) is 0.151. The first-order valence-corrected chi connectivity index (χ1v) is 9.28. The Morgan fingerprint density at radius 1 is 1.03 bits per heavy atom. The lowest BCUT2D eigenvalue weighted by atomic mass is 9.87. The number of aromatic nitrogens is 3. The van der Waals surface area contributed by atoms with Gasteiger partial charge in [0.15, 0.2) is 0 Å². The van der Waals surface area contributed by atoms with Gasteiger partial charge >= 0.3 is 0 Å². The molecule has 29 heavy (non-hydrogen) atoms. The molecule has 5 rings (SSSR count). The van der Waals surface area contributed by atoms with Gasteiger partial charge < -0.3 is 19.1 Å². The van der Waals surface area contributed by atoms with Gasteiger partial charge in [-0.05, 0) is 24.3 Å². The van der Waals surface area contributed by atoms with Crippen LogP contribution in [-0.4, -0.2) is 20.6 Å². The molecule has 3 heterocycles. The quantitative estimate of drug-likeness (QED) is 0.579. The third-order valence-electron chi connectivity index (χ3n) is 5.00. The molecule has 0 saturated carbocycles. The number of carbonyl (C=O) groups excluding carboxylic acids is 1. The summed E-state index contributed by atoms with van der Waals surface area (Å²) in [6, 6.07) is 19.0. The van der Waals surface area contributed by atoms with Crippen molar-refractivity contribution in [3.05, 3.63) is 83.9 Å². The number of ether oxygens (including phenoxy) is 1. The number of para-hydroxylation sites is 2. The highest BCUT2D eigenvalue weighted by Crippen LogP contribution is 2.43. The van der Waals surface area contributed by atoms with E-state index in [1.165, 1.54) is 0 Å². The second kappa shape index (κ2) is 6.94. The van der Waals surface area contributed by atoms with Crippen molar-refractivity contribution in [3.63, 3.8) is 0 Å². The Kier molecular flexibility index (Phi) is 4.13. The van der Waals surface area contributed by atoms with E-state index in [4.69, 9.17) is 9.26 Å². The third-order valence-corrected chi connectivity index (χ3v) is 5.00. The number of aryl methyl sites for hydroxylation is 1. The smallest absolute Gasteiger partial charge is 0.246 e. The van der Waals surface area contributed by atoms with Gasteiger partial charge in [0, 0.05) is 24.4 Å². The predicted octanol–water partition coefficient (Wildman–Crippen LogP) is 3.63. The van der Waals surface area contributed by atoms with Crippen molar-refractivity contribution in [2.24, 2.45) is 7.05 Å². The van der Waals surface area contributed by atoms with Crippen molar-refractivity contribution in [2.45, 2.75) is 12.5 Å². The fraction of sp³-hybridized carbons (Fsp3) is 0.136. The van der Waals surface area contributed by atoms with E-state index in [0.29, 0.717) is 23.2 Å². The van der Waals surface area contributed by atoms with Gasteiger partial charge in [-0.15, -0.1) is 0 Å². The Hall–Kier alpha value is -3.87. The molecule has 0 atom stereocenters. The number of nitrogens with zero attached hydrogens (tertiary/aromatic N) is 3. The molecule has 0 spiro atoms. The lowest BCUT2D eigenvalue weighted by Gasteiger charge is -2.27. The average Bonchev–Trinajstić information content (AvgIpc) is 3.38. The molecule has 144 valence electrons. The lowest BCUT2D eigenvalue weighted by Crippen LogP contribution is -2.31. The van der Waals surface area contributed by atoms with Crippen LogP contribution in [0.1, 0.15) is 22.9 Å². The highest BCUT2D eigenvalue weighted by atomic mass is 16.5. The number of hydrogen-bond donors (Lipinski definition) is 1. The molecule has 7 heteroatoms. The summed E-state index contributed by atoms with van der Waals surface area (Å²) >= 11 is 0. The van der Waals surface area contributed by atoms with E-state index < -0.39 is 5.92 Å². The van der Waals surface area contributed by atoms with E-state index in [-0.39, 0.29) is 12.5 Å². The maximum Gasteiger partial charge on any atom is 0.246 e. The van der Waals surface area contributed by atoms with Crippen LogP contribution < -0.4 is 10.1 Å². The number of nitrogens with one attached hydrogen (secondary N) is 1. The average molecular weight is 386 g/mol. The normalized spacial score (nSPS) is 12.7. The molecule has 1 amide bonds. The van der Waals surface area contributed by atoms with Gasteiger partial charge in [0.1, 0.15) is 11.5 Å². The van der Waals surface area contributed by atoms with E-state index in [9.17, 15) is 4.79 Å². The SMILES string of the molecule is Cn1cccc1-c1noc(CNC(=O)C2c3ccccc3Oc3ccccc32)n1. The molecule has 0 unspecified atom stereocenters. The molecule has 0 bridgehead atoms. The van der Waals surface area contributed by atoms with Crippen LogP contribution in [0.15, 0.2) is 71.4 Å². The first-order chi connectivity index (χ1) is 14.2. The zero-order valence-electron chi connectivity index (χ0n) is 15.7. The molecule has 0 aliphatic carbocycles. The molecule has 0 radical (unpaired) electrons. The van der Waals surface area contributed by atoms with E-state index in [2.05, 4.69) is 15.5 Å². The zero-order chi connectivity index (χ0) is 19.8. The zero-order valence-corrected chi connectivity index (χ0v) is 15.7. The second-order valence-electron chi connectivity index (χ2n) is 6.84. The van der Waals surface area contributed by atoms with Crippen LogP contribution in [0.5, 0.6) is 11.5 Å². The maximum absolute atomic E-state index is 13.1. The van der Waals surface area contributed by atoms with Crippen LogP contribution in [0, 0.1) is 0 Å². The van der Waals surface area contributed by atoms with E-state index in [1.54, 1.807) is 0 Å². The first kappa shape index (κ1) is 17.2. The van der Waals surface area contributed by atoms with Crippen molar-refractivity contribution in [3.8, 4) is 23.0 Å². The van der Waals surface area contributed by atoms with Gasteiger partial charge in [0.25, 0.3) is 0 Å². The summed E-state index contributed by atoms with van der Waals surface area (Å²) in [6.07, 6.45) is 1.91. The second-order valence-corrected chi connectivity index (χ2v) is 6.84. The van der Waals surface area contributed by atoms with Gasteiger partial charge in [-0.25, -0.2) is 0 Å². The van der Waals surface area contributed by atoms with Crippen molar-refractivity contribution < 1.29 is 14.1 Å². The molecule has 7 nitrogen and oxygen atoms in total. The first-order valence-electron chi connectivity index (χ1n) is 9.28. The molecule has 0 fully saturated rings. The van der Waals surface area contributed by atoms with Crippen molar-refractivity contribution >= 4 is 5.91 Å². The van der Waals surface area contributed by atoms with E-state index in [0.717, 1.165) is 16.8 Å². The molecule has 1 aliphatic heterocycles. The van der Waals surface area contributed by atoms with Crippen LogP contribution in [0.4, 0.5) is 0 Å². The molecule has 1 N–H and O–H groups in total. The van der Waals surface area contributed by atoms with Gasteiger partial charge in [0.2, 0.25) is 17.6 Å². The lowest BCUT2D eigenvalue weighted by molar-refractivity contribution is -0.122. The van der Waals surface area contributed by atoms with Crippen LogP contribution in [0.3, 0.4) is 0 Å². The monoisotopic (exact) mass is 386 g/mol. The van der Waals surface area contributed by atoms with Crippen molar-refractivity contribution in [1.29, 1.82) is 0 Å². The van der Waals surface area contributed by atoms with Crippen LogP contribution in [0.2, 0.25) is 0 Å². The van der Waals surface area contributed by atoms with E-state index >= 15 is 0 Å². The highest BCUT2D eigenvalue weighted by Gasteiger charge is 2.32. The van der Waals surface area contributed by atoms with Gasteiger partial charge in [-0.3, -0.25) is 4.79 Å². The minimum absolute atomic E-state index is 0.146. The third kappa shape index (κ3) is 3.06. The van der Waals surface area contributed by atoms with Crippen LogP contribution in [0.25, 0.3) is 11.5 Å². The Labute approximate surface area is 166 Å². The van der Waals surface area contributed by atoms with Crippen molar-refractivity contribution in [1.82, 2.24) is 20.0 Å². The summed E-state index contributed by atoms with van der Waals surface area (Å²) in [5, 5.41) is 6.93. The summed E-state index contributed by atoms with van der Waals surface area (Å²) in [7, 11) is 1.91. The van der Waals surface area contributed by atoms with Crippen LogP contribution >= 0.6 is 0 Å². The largest absolute Gasteiger partial charge is 0.457 e. The summed E-state index contributed by atoms with van der Waals surface area (Å²) < 4.78 is 13.2. The Morgan fingerprint density at radius 2 is 1.72 bits per heavy atom. The standard InChI is InChI=1S/C22H18N4O3/c1-26-12-6-9-16(26)21-24-19(29-25-21)13-23-22(27)20-14-7-2-4-10-17(14)28-18-11-5-3-8-15(18)20/h2-12,20H,13H2,1H3,(H,23,27). The molecule has 1 aliphatic rings. The highest BCUT2D eigenvalue weighted by molar-refractivity contribution is 5.89. The summed E-state index contributed by atoms with van der Waals surface area (Å²) in [5.41, 5.74) is 2.51. The number of amides is 1. The number of benzene rings is 2. The molecule has 0 saturated heterocycles. The van der Waals surface area contributed by atoms with Gasteiger partial charge in [0.05, 0.1) is 18.2 Å². The minimum atomic E-state index is -0.466. The Balaban J connectivity index is 1.38. The molecular weight excluding hydrogens is 368 g/mol. The fourth-order valence-corrected chi connectivity index (χ4v) is 3.58. The van der Waals surface area contributed by atoms with Crippen LogP contribution in [-0.2, 0) is 18.4 Å². The Bertz CT molecular complexity index is 1150. The van der Waals surface area contributed by atoms with Gasteiger partial charge in [-0.1, -0.05) is 41.6 Å². The van der Waals surface area contributed by atoms with Gasteiger partial charge in [-0.2, -0.15) is 4.98 Å². The van der Waals surface area contributed by atoms with Crippen molar-refractivity contribution in [2.75, 3.05) is 0 Å². The molecular formula is C22H18N4O3. The maximum atomic E-state index is 13.1. The number of hydrogen-bond acceptors (Lipinski definition) is 5. The number of carbonyl (C=O) groups is 1. The molecule has 2 aromatic heterocycles. The number of rotatable bonds is 4. The fourth-order valence-electron chi connectivity index (χ4n) is 3.58. The molecule has 4 aromatic rings. The van der Waals surface area contributed by atoms with E-state index in [1.807, 2.05) is 78.5 Å². The predicted molar refractivity (Wildman–Crippen MR) is 105 cm³/mol. The Morgan fingerprint density at radius 3 is 2.38 bits per heavy atom. The molecule has 2 aromatic carbocycles. The number of fused-ring (bicyclic) bond motifs is 2. The minimum Gasteiger partial charge on any atom is -0.457 e. The summed E-state index contributed by atoms with van der Waals surface area (Å²) in [4.78, 5) is 17.5. The summed E-state index contributed by atoms with van der Waals surface area (Å²) in [5.74, 6) is 1.61.